The number of benzene rings is 1. The van der Waals surface area contributed by atoms with Gasteiger partial charge in [0.1, 0.15) is 5.75 Å². The van der Waals surface area contributed by atoms with Crippen molar-refractivity contribution >= 4 is 10.4 Å². The Morgan fingerprint density at radius 2 is 1.50 bits per heavy atom. The van der Waals surface area contributed by atoms with Crippen LogP contribution < -0.4 is 4.18 Å². The molecule has 5 nitrogen and oxygen atoms in total. The van der Waals surface area contributed by atoms with Crippen molar-refractivity contribution in [2.24, 2.45) is 0 Å². The molecule has 7 heteroatoms. The van der Waals surface area contributed by atoms with Crippen LogP contribution in [0.15, 0.2) is 30.3 Å². The molecule has 0 amide bonds. The van der Waals surface area contributed by atoms with E-state index in [0.717, 1.165) is 0 Å². The molecule has 0 fully saturated rings. The number of halogens is 1. The minimum atomic E-state index is -4.54. The summed E-state index contributed by atoms with van der Waals surface area (Å²) < 4.78 is 39.9. The van der Waals surface area contributed by atoms with E-state index in [1.807, 2.05) is 0 Å². The molecule has 0 N–H and O–H groups in total. The molecular formula is C13H23FNO4S+. The number of hydrogen-bond donors (Lipinski definition) is 0. The maximum absolute atomic E-state index is 11.2. The van der Waals surface area contributed by atoms with Crippen LogP contribution >= 0.6 is 0 Å². The highest BCUT2D eigenvalue weighted by molar-refractivity contribution is 7.82. The van der Waals surface area contributed by atoms with Crippen molar-refractivity contribution in [2.75, 3.05) is 26.7 Å². The maximum Gasteiger partial charge on any atom is 0.480 e. The van der Waals surface area contributed by atoms with E-state index < -0.39 is 10.4 Å². The first-order valence-corrected chi connectivity index (χ1v) is 7.79. The van der Waals surface area contributed by atoms with E-state index in [1.54, 1.807) is 18.2 Å². The first-order chi connectivity index (χ1) is 9.32. The molecule has 0 spiro atoms. The van der Waals surface area contributed by atoms with Gasteiger partial charge >= 0.3 is 10.4 Å². The number of quaternary nitrogens is 1. The van der Waals surface area contributed by atoms with Gasteiger partial charge in [0.25, 0.3) is 0 Å². The molecule has 0 heterocycles. The van der Waals surface area contributed by atoms with E-state index >= 15 is 0 Å². The minimum absolute atomic E-state index is 0.00449. The van der Waals surface area contributed by atoms with Crippen molar-refractivity contribution in [2.45, 2.75) is 20.8 Å². The zero-order chi connectivity index (χ0) is 15.6. The lowest BCUT2D eigenvalue weighted by Gasteiger charge is -2.30. The molecule has 0 radical (unpaired) electrons. The molecule has 0 saturated carbocycles. The van der Waals surface area contributed by atoms with Gasteiger partial charge in [-0.1, -0.05) is 18.2 Å². The Kier molecular flexibility index (Phi) is 8.36. The number of rotatable bonds is 6. The van der Waals surface area contributed by atoms with Crippen molar-refractivity contribution in [1.29, 1.82) is 0 Å². The zero-order valence-corrected chi connectivity index (χ0v) is 13.2. The molecule has 0 aliphatic heterocycles. The molecule has 0 aliphatic rings. The summed E-state index contributed by atoms with van der Waals surface area (Å²) in [4.78, 5) is 0. The van der Waals surface area contributed by atoms with E-state index in [4.69, 9.17) is 0 Å². The van der Waals surface area contributed by atoms with Gasteiger partial charge in [0.05, 0.1) is 26.7 Å². The SMILES string of the molecule is CC[N+](C)(CC)CC.O=S(=O)(OF)Oc1ccccc1. The first kappa shape index (κ1) is 18.8. The van der Waals surface area contributed by atoms with Crippen molar-refractivity contribution in [1.82, 2.24) is 0 Å². The predicted octanol–water partition coefficient (Wildman–Crippen LogP) is 2.70. The van der Waals surface area contributed by atoms with Crippen molar-refractivity contribution in [3.05, 3.63) is 30.3 Å². The number of hydrogen-bond acceptors (Lipinski definition) is 4. The van der Waals surface area contributed by atoms with Crippen LogP contribution in [0.2, 0.25) is 0 Å². The van der Waals surface area contributed by atoms with Crippen molar-refractivity contribution in [3.63, 3.8) is 0 Å². The Morgan fingerprint density at radius 1 is 1.05 bits per heavy atom. The summed E-state index contributed by atoms with van der Waals surface area (Å²) in [5.74, 6) is -0.00449. The second kappa shape index (κ2) is 8.89. The van der Waals surface area contributed by atoms with Gasteiger partial charge < -0.3 is 8.67 Å². The fourth-order valence-corrected chi connectivity index (χ4v) is 1.65. The molecule has 0 aromatic heterocycles. The summed E-state index contributed by atoms with van der Waals surface area (Å²) in [6.45, 7) is 10.5. The van der Waals surface area contributed by atoms with Crippen LogP contribution in [0.3, 0.4) is 0 Å². The van der Waals surface area contributed by atoms with Crippen molar-refractivity contribution in [3.8, 4) is 5.75 Å². The minimum Gasteiger partial charge on any atom is -0.360 e. The molecule has 0 aliphatic carbocycles. The average molecular weight is 308 g/mol. The van der Waals surface area contributed by atoms with Crippen LogP contribution in [0, 0.1) is 0 Å². The highest BCUT2D eigenvalue weighted by Crippen LogP contribution is 2.11. The Bertz CT molecular complexity index is 452. The Labute approximate surface area is 120 Å². The summed E-state index contributed by atoms with van der Waals surface area (Å²) in [5, 5.41) is 0. The summed E-state index contributed by atoms with van der Waals surface area (Å²) in [7, 11) is -2.25. The second-order valence-corrected chi connectivity index (χ2v) is 5.54. The van der Waals surface area contributed by atoms with E-state index in [2.05, 4.69) is 36.4 Å². The molecule has 0 atom stereocenters. The van der Waals surface area contributed by atoms with Gasteiger partial charge in [-0.25, -0.2) is 0 Å². The monoisotopic (exact) mass is 308 g/mol. The van der Waals surface area contributed by atoms with Crippen LogP contribution in [0.1, 0.15) is 20.8 Å². The third-order valence-corrected chi connectivity index (χ3v) is 3.86. The quantitative estimate of drug-likeness (QED) is 0.758. The summed E-state index contributed by atoms with van der Waals surface area (Å²) in [6, 6.07) is 7.47. The number of nitrogens with zero attached hydrogens (tertiary/aromatic N) is 1. The predicted molar refractivity (Wildman–Crippen MR) is 76.0 cm³/mol. The van der Waals surface area contributed by atoms with E-state index in [-0.39, 0.29) is 5.75 Å². The fraction of sp³-hybridized carbons (Fsp3) is 0.538. The van der Waals surface area contributed by atoms with Gasteiger partial charge in [-0.2, -0.15) is 8.42 Å². The first-order valence-electron chi connectivity index (χ1n) is 6.45. The molecule has 1 aromatic carbocycles. The lowest BCUT2D eigenvalue weighted by Crippen LogP contribution is -2.42. The van der Waals surface area contributed by atoms with Gasteiger partial charge in [0.15, 0.2) is 0 Å². The van der Waals surface area contributed by atoms with Crippen LogP contribution in [-0.2, 0) is 14.8 Å². The number of para-hydroxylation sites is 1. The van der Waals surface area contributed by atoms with Gasteiger partial charge in [0, 0.05) is 0 Å². The third-order valence-electron chi connectivity index (χ3n) is 3.31. The summed E-state index contributed by atoms with van der Waals surface area (Å²) in [5.41, 5.74) is 0. The molecular weight excluding hydrogens is 285 g/mol. The molecule has 0 unspecified atom stereocenters. The Hall–Kier alpha value is -1.18. The topological polar surface area (TPSA) is 52.6 Å². The van der Waals surface area contributed by atoms with Gasteiger partial charge in [0.2, 0.25) is 0 Å². The van der Waals surface area contributed by atoms with E-state index in [9.17, 15) is 12.9 Å². The van der Waals surface area contributed by atoms with Gasteiger partial charge in [-0.15, -0.1) is 0 Å². The highest BCUT2D eigenvalue weighted by atomic mass is 32.3. The molecule has 0 bridgehead atoms. The lowest BCUT2D eigenvalue weighted by atomic mass is 10.3. The zero-order valence-electron chi connectivity index (χ0n) is 12.4. The van der Waals surface area contributed by atoms with Crippen LogP contribution in [0.25, 0.3) is 0 Å². The smallest absolute Gasteiger partial charge is 0.360 e. The van der Waals surface area contributed by atoms with E-state index in [1.165, 1.54) is 36.3 Å². The largest absolute Gasteiger partial charge is 0.480 e. The summed E-state index contributed by atoms with van der Waals surface area (Å²) >= 11 is 0. The third kappa shape index (κ3) is 7.42. The maximum atomic E-state index is 11.2. The van der Waals surface area contributed by atoms with Crippen LogP contribution in [0.4, 0.5) is 4.53 Å². The second-order valence-electron chi connectivity index (χ2n) is 4.44. The van der Waals surface area contributed by atoms with Crippen LogP contribution in [0.5, 0.6) is 5.75 Å². The molecule has 1 aromatic rings. The normalized spacial score (nSPS) is 11.4. The lowest BCUT2D eigenvalue weighted by molar-refractivity contribution is -0.904. The summed E-state index contributed by atoms with van der Waals surface area (Å²) in [6.07, 6.45) is 0. The Morgan fingerprint density at radius 3 is 1.80 bits per heavy atom. The van der Waals surface area contributed by atoms with Crippen LogP contribution in [-0.4, -0.2) is 39.6 Å². The highest BCUT2D eigenvalue weighted by Gasteiger charge is 2.13. The van der Waals surface area contributed by atoms with Gasteiger partial charge in [-0.3, -0.25) is 0 Å². The molecule has 0 saturated heterocycles. The van der Waals surface area contributed by atoms with Crippen molar-refractivity contribution < 1.29 is 26.0 Å². The molecule has 116 valence electrons. The average Bonchev–Trinajstić information content (AvgIpc) is 2.48. The van der Waals surface area contributed by atoms with Gasteiger partial charge in [-0.05, 0) is 41.8 Å². The molecule has 1 rings (SSSR count). The molecule has 20 heavy (non-hydrogen) atoms. The van der Waals surface area contributed by atoms with E-state index in [0.29, 0.717) is 0 Å². The Balaban J connectivity index is 0.000000396. The standard InChI is InChI=1S/C7H18N.C6H5FO4S/c1-5-8(4,6-2)7-3;7-11-12(8,9)10-6-4-2-1-3-5-6/h5-7H2,1-4H3;1-5H/q+1;. The fourth-order valence-electron chi connectivity index (χ4n) is 1.28.